The van der Waals surface area contributed by atoms with Gasteiger partial charge in [0.2, 0.25) is 5.91 Å². The van der Waals surface area contributed by atoms with Gasteiger partial charge in [-0.2, -0.15) is 0 Å². The number of piperazine rings is 1. The van der Waals surface area contributed by atoms with E-state index < -0.39 is 0 Å². The average molecular weight is 436 g/mol. The van der Waals surface area contributed by atoms with E-state index >= 15 is 0 Å². The van der Waals surface area contributed by atoms with Gasteiger partial charge in [0.05, 0.1) is 12.1 Å². The first kappa shape index (κ1) is 22.9. The van der Waals surface area contributed by atoms with E-state index in [1.165, 1.54) is 0 Å². The fourth-order valence-corrected chi connectivity index (χ4v) is 5.53. The predicted octanol–water partition coefficient (Wildman–Crippen LogP) is 4.17. The minimum atomic E-state index is -0.343. The first-order chi connectivity index (χ1) is 14.3. The summed E-state index contributed by atoms with van der Waals surface area (Å²) >= 11 is 5.94. The molecule has 0 bridgehead atoms. The van der Waals surface area contributed by atoms with Crippen LogP contribution in [-0.4, -0.2) is 60.1 Å². The first-order valence-electron chi connectivity index (χ1n) is 11.0. The van der Waals surface area contributed by atoms with Crippen LogP contribution < -0.4 is 10.1 Å². The Labute approximate surface area is 184 Å². The molecule has 1 heterocycles. The number of nitrogens with one attached hydrogen (secondary N) is 1. The molecule has 1 saturated carbocycles. The Hall–Kier alpha value is -1.79. The second kappa shape index (κ2) is 10.0. The molecule has 0 spiro atoms. The Morgan fingerprint density at radius 1 is 1.23 bits per heavy atom. The summed E-state index contributed by atoms with van der Waals surface area (Å²) in [5.41, 5.74) is 0. The van der Waals surface area contributed by atoms with Crippen molar-refractivity contribution in [3.8, 4) is 5.75 Å². The van der Waals surface area contributed by atoms with Crippen LogP contribution in [0.2, 0.25) is 5.02 Å². The lowest BCUT2D eigenvalue weighted by molar-refractivity contribution is -0.142. The predicted molar refractivity (Wildman–Crippen MR) is 119 cm³/mol. The average Bonchev–Trinajstić information content (AvgIpc) is 2.72. The number of hydrogen-bond donors (Lipinski definition) is 1. The molecule has 1 saturated heterocycles. The van der Waals surface area contributed by atoms with Gasteiger partial charge in [-0.25, -0.2) is 4.79 Å². The topological polar surface area (TPSA) is 61.9 Å². The fourth-order valence-electron chi connectivity index (χ4n) is 5.41. The molecule has 1 aliphatic heterocycles. The molecule has 1 aromatic carbocycles. The van der Waals surface area contributed by atoms with Crippen molar-refractivity contribution >= 4 is 23.6 Å². The lowest BCUT2D eigenvalue weighted by Gasteiger charge is -2.54. The van der Waals surface area contributed by atoms with E-state index in [1.54, 1.807) is 31.2 Å². The van der Waals surface area contributed by atoms with Crippen LogP contribution in [0.25, 0.3) is 0 Å². The van der Waals surface area contributed by atoms with Crippen LogP contribution in [0.15, 0.2) is 24.3 Å². The highest BCUT2D eigenvalue weighted by Gasteiger charge is 2.47. The van der Waals surface area contributed by atoms with Gasteiger partial charge in [-0.15, -0.1) is 0 Å². The Morgan fingerprint density at radius 3 is 2.53 bits per heavy atom. The summed E-state index contributed by atoms with van der Waals surface area (Å²) < 4.78 is 5.68. The zero-order valence-corrected chi connectivity index (χ0v) is 19.2. The van der Waals surface area contributed by atoms with Crippen molar-refractivity contribution in [1.29, 1.82) is 0 Å². The van der Waals surface area contributed by atoms with Crippen molar-refractivity contribution in [1.82, 2.24) is 15.1 Å². The third kappa shape index (κ3) is 4.92. The van der Waals surface area contributed by atoms with Crippen LogP contribution in [0.4, 0.5) is 4.79 Å². The maximum Gasteiger partial charge on any atom is 0.415 e. The van der Waals surface area contributed by atoms with Gasteiger partial charge in [0.15, 0.2) is 0 Å². The summed E-state index contributed by atoms with van der Waals surface area (Å²) in [6.45, 7) is 7.34. The minimum Gasteiger partial charge on any atom is -0.410 e. The van der Waals surface area contributed by atoms with Crippen LogP contribution in [0, 0.1) is 11.8 Å². The summed E-state index contributed by atoms with van der Waals surface area (Å²) in [5, 5.41) is 3.91. The molecule has 1 N–H and O–H groups in total. The van der Waals surface area contributed by atoms with Crippen molar-refractivity contribution in [2.75, 3.05) is 20.1 Å². The van der Waals surface area contributed by atoms with Crippen molar-refractivity contribution in [3.05, 3.63) is 29.3 Å². The third-order valence-electron chi connectivity index (χ3n) is 6.79. The standard InChI is InChI=1S/C23H34ClN3O3/c1-5-17(13-25-4)18-6-11-21-22(12-18)26(14-15(2)27(21)16(3)28)23(29)30-20-9-7-19(24)8-10-20/h7-10,15,17-18,21-22,25H,5-6,11-14H2,1-4H3. The molecule has 1 aromatic rings. The third-order valence-corrected chi connectivity index (χ3v) is 7.04. The lowest BCUT2D eigenvalue weighted by Crippen LogP contribution is -2.67. The zero-order chi connectivity index (χ0) is 21.8. The molecule has 2 amide bonds. The highest BCUT2D eigenvalue weighted by atomic mass is 35.5. The van der Waals surface area contributed by atoms with Gasteiger partial charge in [-0.05, 0) is 75.9 Å². The highest BCUT2D eigenvalue weighted by Crippen LogP contribution is 2.39. The van der Waals surface area contributed by atoms with E-state index in [4.69, 9.17) is 16.3 Å². The van der Waals surface area contributed by atoms with Gasteiger partial charge < -0.3 is 19.9 Å². The second-order valence-corrected chi connectivity index (χ2v) is 9.12. The zero-order valence-electron chi connectivity index (χ0n) is 18.4. The molecular formula is C23H34ClN3O3. The molecule has 0 radical (unpaired) electrons. The Bertz CT molecular complexity index is 742. The number of benzene rings is 1. The number of rotatable bonds is 5. The molecule has 7 heteroatoms. The van der Waals surface area contributed by atoms with E-state index in [2.05, 4.69) is 12.2 Å². The van der Waals surface area contributed by atoms with Gasteiger partial charge in [0.1, 0.15) is 5.75 Å². The monoisotopic (exact) mass is 435 g/mol. The molecule has 5 atom stereocenters. The number of halogens is 1. The quantitative estimate of drug-likeness (QED) is 0.753. The summed E-state index contributed by atoms with van der Waals surface area (Å²) in [4.78, 5) is 29.4. The summed E-state index contributed by atoms with van der Waals surface area (Å²) in [7, 11) is 1.99. The number of carbonyl (C=O) groups is 2. The van der Waals surface area contributed by atoms with Gasteiger partial charge in [-0.1, -0.05) is 24.9 Å². The molecular weight excluding hydrogens is 402 g/mol. The molecule has 166 valence electrons. The van der Waals surface area contributed by atoms with E-state index in [-0.39, 0.29) is 30.1 Å². The maximum atomic E-state index is 13.2. The molecule has 30 heavy (non-hydrogen) atoms. The molecule has 0 aromatic heterocycles. The molecule has 3 rings (SSSR count). The van der Waals surface area contributed by atoms with Crippen molar-refractivity contribution in [2.45, 2.75) is 64.6 Å². The van der Waals surface area contributed by atoms with Crippen LogP contribution in [0.3, 0.4) is 0 Å². The van der Waals surface area contributed by atoms with Crippen LogP contribution >= 0.6 is 11.6 Å². The normalized spacial score (nSPS) is 27.4. The largest absolute Gasteiger partial charge is 0.415 e. The van der Waals surface area contributed by atoms with Gasteiger partial charge in [-0.3, -0.25) is 4.79 Å². The lowest BCUT2D eigenvalue weighted by atomic mass is 9.72. The smallest absolute Gasteiger partial charge is 0.410 e. The fraction of sp³-hybridized carbons (Fsp3) is 0.652. The summed E-state index contributed by atoms with van der Waals surface area (Å²) in [6.07, 6.45) is 3.66. The van der Waals surface area contributed by atoms with Crippen molar-refractivity contribution in [2.24, 2.45) is 11.8 Å². The number of hydrogen-bond acceptors (Lipinski definition) is 4. The SMILES string of the molecule is CCC(CNC)C1CCC2C(C1)N(C(=O)Oc1ccc(Cl)cc1)CC(C)N2C(C)=O. The van der Waals surface area contributed by atoms with Crippen LogP contribution in [0.1, 0.15) is 46.5 Å². The van der Waals surface area contributed by atoms with Gasteiger partial charge in [0.25, 0.3) is 0 Å². The van der Waals surface area contributed by atoms with E-state index in [0.717, 1.165) is 32.2 Å². The Morgan fingerprint density at radius 2 is 1.93 bits per heavy atom. The second-order valence-electron chi connectivity index (χ2n) is 8.68. The van der Waals surface area contributed by atoms with Gasteiger partial charge in [0, 0.05) is 24.5 Å². The first-order valence-corrected chi connectivity index (χ1v) is 11.4. The van der Waals surface area contributed by atoms with Crippen molar-refractivity contribution < 1.29 is 14.3 Å². The van der Waals surface area contributed by atoms with Gasteiger partial charge >= 0.3 is 6.09 Å². The highest BCUT2D eigenvalue weighted by molar-refractivity contribution is 6.30. The molecule has 2 fully saturated rings. The van der Waals surface area contributed by atoms with Crippen LogP contribution in [0.5, 0.6) is 5.75 Å². The number of fused-ring (bicyclic) bond motifs is 1. The number of nitrogens with zero attached hydrogens (tertiary/aromatic N) is 2. The summed E-state index contributed by atoms with van der Waals surface area (Å²) in [5.74, 6) is 1.66. The summed E-state index contributed by atoms with van der Waals surface area (Å²) in [6, 6.07) is 6.83. The molecule has 1 aliphatic carbocycles. The molecule has 2 aliphatic rings. The maximum absolute atomic E-state index is 13.2. The van der Waals surface area contributed by atoms with Crippen LogP contribution in [-0.2, 0) is 4.79 Å². The number of amides is 2. The number of carbonyl (C=O) groups excluding carboxylic acids is 2. The van der Waals surface area contributed by atoms with E-state index in [9.17, 15) is 9.59 Å². The molecule has 6 nitrogen and oxygen atoms in total. The van der Waals surface area contributed by atoms with E-state index in [0.29, 0.717) is 29.2 Å². The number of ether oxygens (including phenoxy) is 1. The molecule has 5 unspecified atom stereocenters. The van der Waals surface area contributed by atoms with E-state index in [1.807, 2.05) is 23.8 Å². The van der Waals surface area contributed by atoms with Crippen molar-refractivity contribution in [3.63, 3.8) is 0 Å². The minimum absolute atomic E-state index is 0.0189. The Kier molecular flexibility index (Phi) is 7.64. The Balaban J connectivity index is 1.82.